The molecule has 3 aromatic heterocycles. The third-order valence-corrected chi connectivity index (χ3v) is 6.18. The molecule has 1 aliphatic carbocycles. The van der Waals surface area contributed by atoms with Crippen molar-refractivity contribution in [1.29, 1.82) is 5.41 Å². The number of nitrogen functional groups attached to an aromatic ring is 1. The Kier molecular flexibility index (Phi) is 3.48. The van der Waals surface area contributed by atoms with E-state index in [1.54, 1.807) is 0 Å². The van der Waals surface area contributed by atoms with E-state index in [0.29, 0.717) is 11.3 Å². The fraction of sp³-hybridized carbons (Fsp3) is 0.0952. The maximum Gasteiger partial charge on any atom is 0.0963 e. The topological polar surface area (TPSA) is 91.4 Å². The van der Waals surface area contributed by atoms with Crippen molar-refractivity contribution >= 4 is 23.2 Å². The summed E-state index contributed by atoms with van der Waals surface area (Å²) in [7, 11) is 0. The first-order valence-electron chi connectivity index (χ1n) is 8.68. The van der Waals surface area contributed by atoms with E-state index in [9.17, 15) is 0 Å². The summed E-state index contributed by atoms with van der Waals surface area (Å²) in [5, 5.41) is 15.3. The number of rotatable bonds is 3. The number of hydrogen-bond acceptors (Lipinski definition) is 5. The number of pyridine rings is 1. The zero-order valence-corrected chi connectivity index (χ0v) is 15.5. The van der Waals surface area contributed by atoms with Crippen LogP contribution in [0.2, 0.25) is 0 Å². The second-order valence-electron chi connectivity index (χ2n) is 6.73. The summed E-state index contributed by atoms with van der Waals surface area (Å²) in [6, 6.07) is 12.1. The Hall–Kier alpha value is -3.25. The molecule has 3 heterocycles. The number of benzene rings is 1. The zero-order valence-electron chi connectivity index (χ0n) is 14.7. The number of anilines is 1. The number of nitrogens with two attached hydrogens (primary N) is 1. The molecular weight excluding hydrogens is 354 g/mol. The molecule has 0 fully saturated rings. The molecule has 5 nitrogen and oxygen atoms in total. The van der Waals surface area contributed by atoms with Crippen LogP contribution in [0.4, 0.5) is 5.69 Å². The van der Waals surface area contributed by atoms with E-state index in [0.717, 1.165) is 34.6 Å². The van der Waals surface area contributed by atoms with Crippen LogP contribution in [-0.2, 0) is 6.42 Å². The lowest BCUT2D eigenvalue weighted by atomic mass is 10.0. The Bertz CT molecular complexity index is 1180. The summed E-state index contributed by atoms with van der Waals surface area (Å²) >= 11 is 1.81. The molecule has 1 aromatic carbocycles. The van der Waals surface area contributed by atoms with Gasteiger partial charge in [0.1, 0.15) is 0 Å². The van der Waals surface area contributed by atoms with Crippen LogP contribution in [0, 0.1) is 12.3 Å². The minimum atomic E-state index is 0.608. The van der Waals surface area contributed by atoms with Gasteiger partial charge in [0.05, 0.1) is 11.4 Å². The summed E-state index contributed by atoms with van der Waals surface area (Å²) in [6.45, 7) is 2.00. The van der Waals surface area contributed by atoms with Crippen LogP contribution < -0.4 is 5.73 Å². The van der Waals surface area contributed by atoms with Gasteiger partial charge >= 0.3 is 0 Å². The zero-order chi connectivity index (χ0) is 18.5. The molecule has 27 heavy (non-hydrogen) atoms. The number of hydrogen-bond donors (Lipinski definition) is 3. The lowest BCUT2D eigenvalue weighted by molar-refractivity contribution is 1.10. The van der Waals surface area contributed by atoms with Crippen molar-refractivity contribution in [3.63, 3.8) is 0 Å². The summed E-state index contributed by atoms with van der Waals surface area (Å²) in [4.78, 5) is 6.98. The number of aromatic nitrogens is 3. The molecule has 4 N–H and O–H groups in total. The summed E-state index contributed by atoms with van der Waals surface area (Å²) < 4.78 is 0. The minimum Gasteiger partial charge on any atom is -0.398 e. The number of aryl methyl sites for hydroxylation is 1. The van der Waals surface area contributed by atoms with Crippen LogP contribution in [0.25, 0.3) is 33.0 Å². The van der Waals surface area contributed by atoms with Gasteiger partial charge in [0.2, 0.25) is 0 Å². The minimum absolute atomic E-state index is 0.608. The first-order chi connectivity index (χ1) is 13.1. The number of aromatic amines is 1. The van der Waals surface area contributed by atoms with Crippen molar-refractivity contribution in [1.82, 2.24) is 15.2 Å². The number of thiophene rings is 1. The molecule has 132 valence electrons. The predicted molar refractivity (Wildman–Crippen MR) is 110 cm³/mol. The highest BCUT2D eigenvalue weighted by molar-refractivity contribution is 7.16. The number of nitrogens with zero attached hydrogens (tertiary/aromatic N) is 2. The molecule has 0 saturated carbocycles. The van der Waals surface area contributed by atoms with Crippen molar-refractivity contribution in [3.05, 3.63) is 64.3 Å². The number of nitrogens with one attached hydrogen (secondary N) is 2. The standard InChI is InChI=1S/C21H17N5S/c1-11-2-3-13(10-24-11)18-7-15-19(27-18)8-16-20(25-26-21(15)16)12-4-5-17(23)14(6-12)9-22/h2-7,9-10,22H,8,23H2,1H3,(H,25,26). The lowest BCUT2D eigenvalue weighted by Gasteiger charge is -2.04. The van der Waals surface area contributed by atoms with Crippen LogP contribution in [0.3, 0.4) is 0 Å². The quantitative estimate of drug-likeness (QED) is 0.318. The molecule has 5 rings (SSSR count). The molecule has 0 amide bonds. The van der Waals surface area contributed by atoms with Crippen LogP contribution in [0.5, 0.6) is 0 Å². The fourth-order valence-corrected chi connectivity index (χ4v) is 4.70. The molecule has 0 bridgehead atoms. The average molecular weight is 371 g/mol. The molecule has 0 atom stereocenters. The molecular formula is C21H17N5S. The monoisotopic (exact) mass is 371 g/mol. The van der Waals surface area contributed by atoms with Crippen molar-refractivity contribution in [2.45, 2.75) is 13.3 Å². The highest BCUT2D eigenvalue weighted by Gasteiger charge is 2.27. The smallest absolute Gasteiger partial charge is 0.0963 e. The summed E-state index contributed by atoms with van der Waals surface area (Å²) in [6.07, 6.45) is 4.08. The molecule has 6 heteroatoms. The Morgan fingerprint density at radius 1 is 1.19 bits per heavy atom. The van der Waals surface area contributed by atoms with E-state index in [4.69, 9.17) is 11.1 Å². The second kappa shape index (κ2) is 5.89. The van der Waals surface area contributed by atoms with Gasteiger partial charge in [-0.3, -0.25) is 10.1 Å². The van der Waals surface area contributed by atoms with Gasteiger partial charge in [-0.15, -0.1) is 11.3 Å². The fourth-order valence-electron chi connectivity index (χ4n) is 3.53. The van der Waals surface area contributed by atoms with Crippen molar-refractivity contribution in [3.8, 4) is 33.0 Å². The van der Waals surface area contributed by atoms with Gasteiger partial charge in [0.15, 0.2) is 0 Å². The lowest BCUT2D eigenvalue weighted by Crippen LogP contribution is -1.94. The Morgan fingerprint density at radius 3 is 2.81 bits per heavy atom. The molecule has 0 spiro atoms. The highest BCUT2D eigenvalue weighted by atomic mass is 32.1. The molecule has 0 radical (unpaired) electrons. The highest BCUT2D eigenvalue weighted by Crippen LogP contribution is 2.46. The van der Waals surface area contributed by atoms with Gasteiger partial charge in [-0.1, -0.05) is 12.1 Å². The summed E-state index contributed by atoms with van der Waals surface area (Å²) in [5.41, 5.74) is 14.9. The maximum atomic E-state index is 7.52. The van der Waals surface area contributed by atoms with Gasteiger partial charge in [0.25, 0.3) is 0 Å². The van der Waals surface area contributed by atoms with Crippen LogP contribution in [0.15, 0.2) is 42.6 Å². The van der Waals surface area contributed by atoms with E-state index in [1.807, 2.05) is 48.7 Å². The first kappa shape index (κ1) is 16.0. The van der Waals surface area contributed by atoms with Crippen molar-refractivity contribution in [2.24, 2.45) is 0 Å². The molecule has 0 aliphatic heterocycles. The van der Waals surface area contributed by atoms with Gasteiger partial charge in [-0.2, -0.15) is 5.10 Å². The van der Waals surface area contributed by atoms with Crippen LogP contribution in [0.1, 0.15) is 21.7 Å². The third kappa shape index (κ3) is 2.49. The number of fused-ring (bicyclic) bond motifs is 3. The van der Waals surface area contributed by atoms with E-state index in [1.165, 1.54) is 27.1 Å². The Morgan fingerprint density at radius 2 is 2.04 bits per heavy atom. The molecule has 0 unspecified atom stereocenters. The Balaban J connectivity index is 1.55. The van der Waals surface area contributed by atoms with Gasteiger partial charge in [-0.25, -0.2) is 0 Å². The number of H-pyrrole nitrogens is 1. The van der Waals surface area contributed by atoms with E-state index in [2.05, 4.69) is 27.3 Å². The largest absolute Gasteiger partial charge is 0.398 e. The predicted octanol–water partition coefficient (Wildman–Crippen LogP) is 4.66. The molecule has 1 aliphatic rings. The average Bonchev–Trinajstić information content (AvgIpc) is 3.34. The van der Waals surface area contributed by atoms with Crippen LogP contribution >= 0.6 is 11.3 Å². The van der Waals surface area contributed by atoms with Gasteiger partial charge in [-0.05, 0) is 31.2 Å². The maximum absolute atomic E-state index is 7.52. The van der Waals surface area contributed by atoms with Gasteiger partial charge in [0, 0.05) is 67.8 Å². The first-order valence-corrected chi connectivity index (χ1v) is 9.49. The van der Waals surface area contributed by atoms with Crippen molar-refractivity contribution < 1.29 is 0 Å². The van der Waals surface area contributed by atoms with Crippen molar-refractivity contribution in [2.75, 3.05) is 5.73 Å². The molecule has 4 aromatic rings. The molecule has 0 saturated heterocycles. The SMILES string of the molecule is Cc1ccc(-c2cc3c(s2)Cc2c(-c4ccc(N)c(C=N)c4)n[nH]c2-3)cn1. The third-order valence-electron chi connectivity index (χ3n) is 4.99. The van der Waals surface area contributed by atoms with Gasteiger partial charge < -0.3 is 11.1 Å². The van der Waals surface area contributed by atoms with Crippen LogP contribution in [-0.4, -0.2) is 21.4 Å². The summed E-state index contributed by atoms with van der Waals surface area (Å²) in [5.74, 6) is 0. The normalized spacial score (nSPS) is 12.0. The second-order valence-corrected chi connectivity index (χ2v) is 7.86. The van der Waals surface area contributed by atoms with E-state index in [-0.39, 0.29) is 0 Å². The van der Waals surface area contributed by atoms with E-state index < -0.39 is 0 Å². The van der Waals surface area contributed by atoms with E-state index >= 15 is 0 Å². The Labute approximate surface area is 160 Å².